The van der Waals surface area contributed by atoms with Gasteiger partial charge < -0.3 is 4.42 Å². The van der Waals surface area contributed by atoms with Crippen LogP contribution in [0.25, 0.3) is 94.8 Å². The Morgan fingerprint density at radius 2 is 1.14 bits per heavy atom. The van der Waals surface area contributed by atoms with Crippen LogP contribution in [0.15, 0.2) is 150 Å². The molecule has 0 spiro atoms. The molecule has 10 rings (SSSR count). The zero-order chi connectivity index (χ0) is 32.3. The van der Waals surface area contributed by atoms with Gasteiger partial charge in [0, 0.05) is 27.5 Å². The van der Waals surface area contributed by atoms with Gasteiger partial charge in [-0.2, -0.15) is 0 Å². The van der Waals surface area contributed by atoms with Crippen molar-refractivity contribution in [2.75, 3.05) is 0 Å². The fourth-order valence-corrected chi connectivity index (χ4v) is 7.47. The molecule has 4 nitrogen and oxygen atoms in total. The first-order valence-electron chi connectivity index (χ1n) is 16.8. The van der Waals surface area contributed by atoms with Gasteiger partial charge >= 0.3 is 0 Å². The highest BCUT2D eigenvalue weighted by Crippen LogP contribution is 2.41. The number of furan rings is 1. The minimum Gasteiger partial charge on any atom is -0.456 e. The van der Waals surface area contributed by atoms with E-state index in [-0.39, 0.29) is 0 Å². The average Bonchev–Trinajstić information content (AvgIpc) is 3.56. The molecule has 2 heterocycles. The van der Waals surface area contributed by atoms with E-state index in [4.69, 9.17) is 19.4 Å². The van der Waals surface area contributed by atoms with Crippen molar-refractivity contribution in [3.8, 4) is 45.3 Å². The first-order chi connectivity index (χ1) is 24.3. The highest BCUT2D eigenvalue weighted by Gasteiger charge is 2.20. The van der Waals surface area contributed by atoms with Crippen LogP contribution in [0.3, 0.4) is 0 Å². The summed E-state index contributed by atoms with van der Waals surface area (Å²) in [5.41, 5.74) is 9.35. The number of para-hydroxylation sites is 1. The van der Waals surface area contributed by atoms with Gasteiger partial charge in [0.15, 0.2) is 17.5 Å². The van der Waals surface area contributed by atoms with E-state index in [1.807, 2.05) is 18.2 Å². The number of aromatic nitrogens is 3. The lowest BCUT2D eigenvalue weighted by Crippen LogP contribution is -2.02. The molecule has 0 atom stereocenters. The van der Waals surface area contributed by atoms with Crippen LogP contribution in [-0.2, 0) is 6.42 Å². The normalized spacial score (nSPS) is 12.7. The van der Waals surface area contributed by atoms with E-state index in [0.717, 1.165) is 73.4 Å². The van der Waals surface area contributed by atoms with Crippen molar-refractivity contribution in [3.05, 3.63) is 157 Å². The zero-order valence-electron chi connectivity index (χ0n) is 26.6. The lowest BCUT2D eigenvalue weighted by atomic mass is 9.94. The molecule has 0 unspecified atom stereocenters. The molecule has 7 aromatic carbocycles. The van der Waals surface area contributed by atoms with Crippen molar-refractivity contribution in [1.29, 1.82) is 0 Å². The maximum atomic E-state index is 6.29. The van der Waals surface area contributed by atoms with Crippen LogP contribution < -0.4 is 0 Å². The van der Waals surface area contributed by atoms with Gasteiger partial charge in [0.2, 0.25) is 0 Å². The Labute approximate surface area is 283 Å². The van der Waals surface area contributed by atoms with Gasteiger partial charge in [-0.3, -0.25) is 0 Å². The Hall–Kier alpha value is -6.39. The molecule has 0 radical (unpaired) electrons. The number of nitrogens with zero attached hydrogens (tertiary/aromatic N) is 3. The SMILES string of the molecule is C1=Cc2ccc(-c3nc(-c4ccccc4-c4cccc5oc6ccccc6c45)nc(-c4cc5ccccc5c5ccccc45)n3)cc2CC1. The Balaban J connectivity index is 1.25. The first kappa shape index (κ1) is 27.7. The van der Waals surface area contributed by atoms with Crippen LogP contribution in [-0.4, -0.2) is 15.0 Å². The number of allylic oxidation sites excluding steroid dienone is 1. The van der Waals surface area contributed by atoms with Crippen LogP contribution in [0, 0.1) is 0 Å². The van der Waals surface area contributed by atoms with Crippen molar-refractivity contribution >= 4 is 49.6 Å². The average molecular weight is 628 g/mol. The summed E-state index contributed by atoms with van der Waals surface area (Å²) >= 11 is 0. The second-order valence-electron chi connectivity index (χ2n) is 12.7. The number of benzene rings is 7. The van der Waals surface area contributed by atoms with E-state index < -0.39 is 0 Å². The number of hydrogen-bond donors (Lipinski definition) is 0. The fraction of sp³-hybridized carbons (Fsp3) is 0.0444. The monoisotopic (exact) mass is 627 g/mol. The fourth-order valence-electron chi connectivity index (χ4n) is 7.47. The lowest BCUT2D eigenvalue weighted by Gasteiger charge is -2.15. The van der Waals surface area contributed by atoms with Gasteiger partial charge in [0.05, 0.1) is 0 Å². The Morgan fingerprint density at radius 1 is 0.469 bits per heavy atom. The molecule has 0 aliphatic heterocycles. The summed E-state index contributed by atoms with van der Waals surface area (Å²) in [6.45, 7) is 0. The zero-order valence-corrected chi connectivity index (χ0v) is 26.6. The molecule has 1 aliphatic carbocycles. The van der Waals surface area contributed by atoms with Gasteiger partial charge in [-0.1, -0.05) is 127 Å². The third kappa shape index (κ3) is 4.56. The van der Waals surface area contributed by atoms with Crippen LogP contribution >= 0.6 is 0 Å². The third-order valence-corrected chi connectivity index (χ3v) is 9.78. The Kier molecular flexibility index (Phi) is 6.28. The second-order valence-corrected chi connectivity index (χ2v) is 12.7. The van der Waals surface area contributed by atoms with E-state index in [2.05, 4.69) is 133 Å². The summed E-state index contributed by atoms with van der Waals surface area (Å²) in [7, 11) is 0. The van der Waals surface area contributed by atoms with Crippen LogP contribution in [0.1, 0.15) is 17.5 Å². The van der Waals surface area contributed by atoms with Crippen molar-refractivity contribution in [3.63, 3.8) is 0 Å². The van der Waals surface area contributed by atoms with Crippen molar-refractivity contribution in [1.82, 2.24) is 15.0 Å². The lowest BCUT2D eigenvalue weighted by molar-refractivity contribution is 0.669. The molecule has 1 aliphatic rings. The van der Waals surface area contributed by atoms with Crippen LogP contribution in [0.5, 0.6) is 0 Å². The Bertz CT molecular complexity index is 2790. The molecular weight excluding hydrogens is 599 g/mol. The smallest absolute Gasteiger partial charge is 0.164 e. The van der Waals surface area contributed by atoms with E-state index in [1.165, 1.54) is 21.9 Å². The maximum absolute atomic E-state index is 6.29. The number of fused-ring (bicyclic) bond motifs is 7. The van der Waals surface area contributed by atoms with E-state index >= 15 is 0 Å². The molecule has 0 fully saturated rings. The molecule has 0 saturated heterocycles. The summed E-state index contributed by atoms with van der Waals surface area (Å²) in [5.74, 6) is 1.95. The molecule has 4 heteroatoms. The van der Waals surface area contributed by atoms with Gasteiger partial charge in [0.1, 0.15) is 11.2 Å². The van der Waals surface area contributed by atoms with Gasteiger partial charge in [-0.05, 0) is 80.9 Å². The predicted molar refractivity (Wildman–Crippen MR) is 201 cm³/mol. The molecule has 0 N–H and O–H groups in total. The van der Waals surface area contributed by atoms with Gasteiger partial charge in [-0.25, -0.2) is 15.0 Å². The summed E-state index contributed by atoms with van der Waals surface area (Å²) in [6, 6.07) is 48.8. The largest absolute Gasteiger partial charge is 0.456 e. The number of aryl methyl sites for hydroxylation is 1. The molecule has 49 heavy (non-hydrogen) atoms. The minimum absolute atomic E-state index is 0.634. The molecule has 9 aromatic rings. The summed E-state index contributed by atoms with van der Waals surface area (Å²) in [5, 5.41) is 6.83. The molecular formula is C45H29N3O. The predicted octanol–water partition coefficient (Wildman–Crippen LogP) is 11.7. The van der Waals surface area contributed by atoms with E-state index in [0.29, 0.717) is 17.5 Å². The molecule has 0 saturated carbocycles. The molecule has 230 valence electrons. The topological polar surface area (TPSA) is 51.8 Å². The van der Waals surface area contributed by atoms with E-state index in [9.17, 15) is 0 Å². The molecule has 2 aromatic heterocycles. The highest BCUT2D eigenvalue weighted by atomic mass is 16.3. The summed E-state index contributed by atoms with van der Waals surface area (Å²) in [4.78, 5) is 15.8. The van der Waals surface area contributed by atoms with Crippen LogP contribution in [0.2, 0.25) is 0 Å². The molecule has 0 amide bonds. The summed E-state index contributed by atoms with van der Waals surface area (Å²) < 4.78 is 6.29. The van der Waals surface area contributed by atoms with Gasteiger partial charge in [-0.15, -0.1) is 0 Å². The highest BCUT2D eigenvalue weighted by molar-refractivity contribution is 6.14. The number of hydrogen-bond acceptors (Lipinski definition) is 4. The Morgan fingerprint density at radius 3 is 2.04 bits per heavy atom. The van der Waals surface area contributed by atoms with Crippen LogP contribution in [0.4, 0.5) is 0 Å². The minimum atomic E-state index is 0.634. The number of rotatable bonds is 4. The second kappa shape index (κ2) is 11.1. The standard InChI is InChI=1S/C45H29N3O/c1-2-13-29-26-31(25-24-28(29)12-1)43-46-44(48-45(47-43)39-27-30-14-3-4-15-32(30)33-16-5-6-17-34(33)39)37-19-8-7-18-35(37)36-21-11-23-41-42(36)38-20-9-10-22-40(38)49-41/h1,3-12,14-27H,2,13H2. The molecule has 0 bridgehead atoms. The van der Waals surface area contributed by atoms with Crippen molar-refractivity contribution in [2.24, 2.45) is 0 Å². The maximum Gasteiger partial charge on any atom is 0.164 e. The summed E-state index contributed by atoms with van der Waals surface area (Å²) in [6.07, 6.45) is 6.50. The van der Waals surface area contributed by atoms with E-state index in [1.54, 1.807) is 0 Å². The van der Waals surface area contributed by atoms with Crippen molar-refractivity contribution in [2.45, 2.75) is 12.8 Å². The van der Waals surface area contributed by atoms with Crippen molar-refractivity contribution < 1.29 is 4.42 Å². The first-order valence-corrected chi connectivity index (χ1v) is 16.8. The quantitative estimate of drug-likeness (QED) is 0.182. The third-order valence-electron chi connectivity index (χ3n) is 9.78. The van der Waals surface area contributed by atoms with Gasteiger partial charge in [0.25, 0.3) is 0 Å².